The Kier molecular flexibility index (Phi) is 2.91. The molecule has 3 rings (SSSR count). The molecule has 0 radical (unpaired) electrons. The van der Waals surface area contributed by atoms with Gasteiger partial charge in [0.1, 0.15) is 0 Å². The molecule has 0 bridgehead atoms. The van der Waals surface area contributed by atoms with Gasteiger partial charge in [0.15, 0.2) is 5.65 Å². The van der Waals surface area contributed by atoms with Gasteiger partial charge < -0.3 is 10.4 Å². The summed E-state index contributed by atoms with van der Waals surface area (Å²) in [6.07, 6.45) is 4.84. The number of anilines is 1. The molecule has 1 aliphatic carbocycles. The lowest BCUT2D eigenvalue weighted by Gasteiger charge is -2.13. The fourth-order valence-corrected chi connectivity index (χ4v) is 2.59. The molecule has 96 valence electrons. The van der Waals surface area contributed by atoms with Crippen LogP contribution in [0.5, 0.6) is 0 Å². The van der Waals surface area contributed by atoms with Gasteiger partial charge in [-0.3, -0.25) is 0 Å². The summed E-state index contributed by atoms with van der Waals surface area (Å²) >= 11 is 0. The van der Waals surface area contributed by atoms with Gasteiger partial charge in [-0.05, 0) is 31.4 Å². The summed E-state index contributed by atoms with van der Waals surface area (Å²) in [6, 6.07) is 3.98. The van der Waals surface area contributed by atoms with Gasteiger partial charge in [0.2, 0.25) is 5.95 Å². The maximum absolute atomic E-state index is 9.76. The molecule has 2 unspecified atom stereocenters. The fraction of sp³-hybridized carbons (Fsp3) is 0.538. The molecule has 5 nitrogen and oxygen atoms in total. The highest BCUT2D eigenvalue weighted by molar-refractivity contribution is 5.49. The third-order valence-corrected chi connectivity index (χ3v) is 3.70. The SMILES string of the molecule is Cc1cccn2nc(NCC3CCCC3O)nc12. The first-order chi connectivity index (χ1) is 8.74. The fourth-order valence-electron chi connectivity index (χ4n) is 2.59. The van der Waals surface area contributed by atoms with Gasteiger partial charge in [-0.2, -0.15) is 4.98 Å². The maximum Gasteiger partial charge on any atom is 0.243 e. The second-order valence-electron chi connectivity index (χ2n) is 5.03. The van der Waals surface area contributed by atoms with Crippen LogP contribution >= 0.6 is 0 Å². The molecule has 0 amide bonds. The molecule has 1 aliphatic rings. The Morgan fingerprint density at radius 1 is 1.50 bits per heavy atom. The van der Waals surface area contributed by atoms with Crippen molar-refractivity contribution in [2.45, 2.75) is 32.3 Å². The van der Waals surface area contributed by atoms with Crippen molar-refractivity contribution in [1.29, 1.82) is 0 Å². The Morgan fingerprint density at radius 2 is 2.39 bits per heavy atom. The van der Waals surface area contributed by atoms with Crippen LogP contribution in [0.3, 0.4) is 0 Å². The Bertz CT molecular complexity index is 551. The highest BCUT2D eigenvalue weighted by Gasteiger charge is 2.25. The standard InChI is InChI=1S/C13H18N4O/c1-9-4-3-7-17-12(9)15-13(16-17)14-8-10-5-2-6-11(10)18/h3-4,7,10-11,18H,2,5-6,8H2,1H3,(H,14,16). The van der Waals surface area contributed by atoms with Crippen molar-refractivity contribution in [3.05, 3.63) is 23.9 Å². The van der Waals surface area contributed by atoms with Crippen LogP contribution in [0.4, 0.5) is 5.95 Å². The number of aromatic nitrogens is 3. The number of aliphatic hydroxyl groups excluding tert-OH is 1. The van der Waals surface area contributed by atoms with Gasteiger partial charge >= 0.3 is 0 Å². The molecule has 2 atom stereocenters. The Labute approximate surface area is 106 Å². The van der Waals surface area contributed by atoms with E-state index in [1.54, 1.807) is 4.52 Å². The van der Waals surface area contributed by atoms with E-state index in [-0.39, 0.29) is 6.10 Å². The van der Waals surface area contributed by atoms with Crippen LogP contribution < -0.4 is 5.32 Å². The van der Waals surface area contributed by atoms with Gasteiger partial charge in [-0.15, -0.1) is 5.10 Å². The molecule has 2 N–H and O–H groups in total. The number of rotatable bonds is 3. The Balaban J connectivity index is 1.73. The van der Waals surface area contributed by atoms with Crippen LogP contribution in [0.25, 0.3) is 5.65 Å². The molecular formula is C13H18N4O. The zero-order valence-corrected chi connectivity index (χ0v) is 10.5. The van der Waals surface area contributed by atoms with Gasteiger partial charge in [0.25, 0.3) is 0 Å². The van der Waals surface area contributed by atoms with Crippen LogP contribution in [0.15, 0.2) is 18.3 Å². The number of pyridine rings is 1. The largest absolute Gasteiger partial charge is 0.393 e. The minimum atomic E-state index is -0.170. The monoisotopic (exact) mass is 246 g/mol. The zero-order valence-electron chi connectivity index (χ0n) is 10.5. The highest BCUT2D eigenvalue weighted by atomic mass is 16.3. The van der Waals surface area contributed by atoms with E-state index in [4.69, 9.17) is 0 Å². The maximum atomic E-state index is 9.76. The number of nitrogens with zero attached hydrogens (tertiary/aromatic N) is 3. The van der Waals surface area contributed by atoms with E-state index < -0.39 is 0 Å². The van der Waals surface area contributed by atoms with E-state index >= 15 is 0 Å². The van der Waals surface area contributed by atoms with Crippen molar-refractivity contribution in [3.63, 3.8) is 0 Å². The van der Waals surface area contributed by atoms with E-state index in [9.17, 15) is 5.11 Å². The normalized spacial score (nSPS) is 23.7. The molecule has 2 aromatic rings. The van der Waals surface area contributed by atoms with Crippen molar-refractivity contribution < 1.29 is 5.11 Å². The van der Waals surface area contributed by atoms with Crippen molar-refractivity contribution in [1.82, 2.24) is 14.6 Å². The molecule has 0 aromatic carbocycles. The van der Waals surface area contributed by atoms with E-state index in [1.165, 1.54) is 0 Å². The molecule has 5 heteroatoms. The summed E-state index contributed by atoms with van der Waals surface area (Å²) in [5.41, 5.74) is 1.99. The van der Waals surface area contributed by atoms with Gasteiger partial charge in [-0.25, -0.2) is 4.52 Å². The average Bonchev–Trinajstić information content (AvgIpc) is 2.93. The van der Waals surface area contributed by atoms with Crippen molar-refractivity contribution in [2.24, 2.45) is 5.92 Å². The number of aliphatic hydroxyl groups is 1. The summed E-state index contributed by atoms with van der Waals surface area (Å²) in [5.74, 6) is 0.973. The smallest absolute Gasteiger partial charge is 0.243 e. The molecular weight excluding hydrogens is 228 g/mol. The predicted molar refractivity (Wildman–Crippen MR) is 69.6 cm³/mol. The van der Waals surface area contributed by atoms with Gasteiger partial charge in [0.05, 0.1) is 6.10 Å². The highest BCUT2D eigenvalue weighted by Crippen LogP contribution is 2.25. The topological polar surface area (TPSA) is 62.5 Å². The van der Waals surface area contributed by atoms with Crippen molar-refractivity contribution in [3.8, 4) is 0 Å². The van der Waals surface area contributed by atoms with Crippen molar-refractivity contribution in [2.75, 3.05) is 11.9 Å². The quantitative estimate of drug-likeness (QED) is 0.863. The Morgan fingerprint density at radius 3 is 3.11 bits per heavy atom. The molecule has 18 heavy (non-hydrogen) atoms. The summed E-state index contributed by atoms with van der Waals surface area (Å²) in [5, 5.41) is 17.4. The first kappa shape index (κ1) is 11.5. The van der Waals surface area contributed by atoms with Crippen LogP contribution in [-0.2, 0) is 0 Å². The predicted octanol–water partition coefficient (Wildman–Crippen LogP) is 1.61. The summed E-state index contributed by atoms with van der Waals surface area (Å²) < 4.78 is 1.78. The minimum Gasteiger partial charge on any atom is -0.393 e. The number of hydrogen-bond donors (Lipinski definition) is 2. The lowest BCUT2D eigenvalue weighted by atomic mass is 10.1. The molecule has 1 saturated carbocycles. The molecule has 1 fully saturated rings. The lowest BCUT2D eigenvalue weighted by Crippen LogP contribution is -2.22. The summed E-state index contributed by atoms with van der Waals surface area (Å²) in [7, 11) is 0. The van der Waals surface area contributed by atoms with Crippen LogP contribution in [-0.4, -0.2) is 32.4 Å². The zero-order chi connectivity index (χ0) is 12.5. The first-order valence-electron chi connectivity index (χ1n) is 6.48. The van der Waals surface area contributed by atoms with E-state index in [1.807, 2.05) is 25.3 Å². The average molecular weight is 246 g/mol. The van der Waals surface area contributed by atoms with Gasteiger partial charge in [-0.1, -0.05) is 12.5 Å². The van der Waals surface area contributed by atoms with Crippen LogP contribution in [0.1, 0.15) is 24.8 Å². The third-order valence-electron chi connectivity index (χ3n) is 3.70. The number of nitrogens with one attached hydrogen (secondary N) is 1. The summed E-state index contributed by atoms with van der Waals surface area (Å²) in [6.45, 7) is 2.77. The molecule has 2 aromatic heterocycles. The molecule has 0 aliphatic heterocycles. The first-order valence-corrected chi connectivity index (χ1v) is 6.48. The van der Waals surface area contributed by atoms with Crippen LogP contribution in [0, 0.1) is 12.8 Å². The number of hydrogen-bond acceptors (Lipinski definition) is 4. The van der Waals surface area contributed by atoms with Gasteiger partial charge in [0, 0.05) is 18.7 Å². The second kappa shape index (κ2) is 4.57. The third kappa shape index (κ3) is 2.06. The molecule has 0 spiro atoms. The van der Waals surface area contributed by atoms with Crippen LogP contribution in [0.2, 0.25) is 0 Å². The van der Waals surface area contributed by atoms with E-state index in [0.29, 0.717) is 11.9 Å². The minimum absolute atomic E-state index is 0.170. The summed E-state index contributed by atoms with van der Waals surface area (Å²) in [4.78, 5) is 4.46. The molecule has 0 saturated heterocycles. The number of fused-ring (bicyclic) bond motifs is 1. The van der Waals surface area contributed by atoms with Crippen molar-refractivity contribution >= 4 is 11.6 Å². The van der Waals surface area contributed by atoms with E-state index in [0.717, 1.165) is 37.0 Å². The lowest BCUT2D eigenvalue weighted by molar-refractivity contribution is 0.138. The Hall–Kier alpha value is -1.62. The second-order valence-corrected chi connectivity index (χ2v) is 5.03. The molecule has 2 heterocycles. The van der Waals surface area contributed by atoms with E-state index in [2.05, 4.69) is 15.4 Å². The number of aryl methyl sites for hydroxylation is 1.